The highest BCUT2D eigenvalue weighted by Crippen LogP contribution is 2.30. The minimum atomic E-state index is -3.61. The highest BCUT2D eigenvalue weighted by Gasteiger charge is 2.27. The number of thioether (sulfide) groups is 2. The number of nitrogens with one attached hydrogen (secondary N) is 2. The van der Waals surface area contributed by atoms with Crippen LogP contribution in [0.2, 0.25) is 0 Å². The van der Waals surface area contributed by atoms with Crippen LogP contribution in [-0.2, 0) is 29.6 Å². The minimum Gasteiger partial charge on any atom is -0.325 e. The zero-order chi connectivity index (χ0) is 31.9. The van der Waals surface area contributed by atoms with Gasteiger partial charge in [-0.25, -0.2) is 16.8 Å². The number of sulfonamides is 2. The van der Waals surface area contributed by atoms with E-state index in [0.717, 1.165) is 38.5 Å². The zero-order valence-corrected chi connectivity index (χ0v) is 28.5. The molecule has 12 nitrogen and oxygen atoms in total. The van der Waals surface area contributed by atoms with Crippen LogP contribution in [0.25, 0.3) is 0 Å². The van der Waals surface area contributed by atoms with E-state index in [1.165, 1.54) is 67.7 Å². The first-order valence-electron chi connectivity index (χ1n) is 14.5. The van der Waals surface area contributed by atoms with E-state index in [1.54, 1.807) is 24.3 Å². The Morgan fingerprint density at radius 2 is 1.07 bits per heavy atom. The fourth-order valence-corrected chi connectivity index (χ4v) is 10.7. The summed E-state index contributed by atoms with van der Waals surface area (Å²) in [7, 11) is -7.22. The van der Waals surface area contributed by atoms with Crippen LogP contribution in [0.15, 0.2) is 67.0 Å². The lowest BCUT2D eigenvalue weighted by Crippen LogP contribution is -2.35. The predicted molar refractivity (Wildman–Crippen MR) is 177 cm³/mol. The van der Waals surface area contributed by atoms with Crippen LogP contribution in [0, 0.1) is 0 Å². The summed E-state index contributed by atoms with van der Waals surface area (Å²) in [5, 5.41) is 13.7. The fourth-order valence-electron chi connectivity index (χ4n) is 4.94. The molecule has 2 fully saturated rings. The lowest BCUT2D eigenvalue weighted by Gasteiger charge is -2.26. The monoisotopic (exact) mass is 710 g/mol. The van der Waals surface area contributed by atoms with Crippen LogP contribution in [-0.4, -0.2) is 85.1 Å². The van der Waals surface area contributed by atoms with Gasteiger partial charge in [-0.1, -0.05) is 59.8 Å². The molecule has 1 aromatic heterocycles. The zero-order valence-electron chi connectivity index (χ0n) is 24.4. The SMILES string of the molecule is O=C(CSc1nnc(SCC(=O)Nc2cccc(S(=O)(=O)N3CCCCC3)c2)s1)Nc1cccc(S(=O)(=O)N2CCCCC2)c1. The number of carbonyl (C=O) groups excluding carboxylic acids is 2. The van der Waals surface area contributed by atoms with Crippen molar-refractivity contribution >= 4 is 78.1 Å². The van der Waals surface area contributed by atoms with Crippen molar-refractivity contribution in [1.29, 1.82) is 0 Å². The second-order valence-electron chi connectivity index (χ2n) is 10.5. The van der Waals surface area contributed by atoms with Gasteiger partial charge in [0.15, 0.2) is 8.68 Å². The molecule has 0 saturated carbocycles. The molecule has 2 amide bonds. The maximum Gasteiger partial charge on any atom is 0.243 e. The second-order valence-corrected chi connectivity index (χ2v) is 17.8. The Balaban J connectivity index is 1.08. The molecule has 3 aromatic rings. The summed E-state index contributed by atoms with van der Waals surface area (Å²) in [6.45, 7) is 2.01. The van der Waals surface area contributed by atoms with Gasteiger partial charge < -0.3 is 10.6 Å². The van der Waals surface area contributed by atoms with Gasteiger partial charge in [-0.15, -0.1) is 10.2 Å². The van der Waals surface area contributed by atoms with Crippen molar-refractivity contribution < 1.29 is 26.4 Å². The molecular weight excluding hydrogens is 677 g/mol. The molecule has 0 unspecified atom stereocenters. The van der Waals surface area contributed by atoms with Crippen LogP contribution in [0.3, 0.4) is 0 Å². The molecule has 5 rings (SSSR count). The molecular formula is C28H34N6O6S5. The number of anilines is 2. The number of hydrogen-bond acceptors (Lipinski definition) is 11. The molecule has 0 atom stereocenters. The summed E-state index contributed by atoms with van der Waals surface area (Å²) in [5.74, 6) is -0.555. The molecule has 45 heavy (non-hydrogen) atoms. The Labute approximate surface area is 275 Å². The summed E-state index contributed by atoms with van der Waals surface area (Å²) in [4.78, 5) is 25.5. The van der Waals surface area contributed by atoms with Gasteiger partial charge in [-0.2, -0.15) is 8.61 Å². The first-order chi connectivity index (χ1) is 21.6. The minimum absolute atomic E-state index is 0.0412. The maximum atomic E-state index is 13.0. The largest absolute Gasteiger partial charge is 0.325 e. The Kier molecular flexibility index (Phi) is 11.5. The smallest absolute Gasteiger partial charge is 0.243 e. The van der Waals surface area contributed by atoms with E-state index in [2.05, 4.69) is 20.8 Å². The topological polar surface area (TPSA) is 159 Å². The van der Waals surface area contributed by atoms with E-state index in [4.69, 9.17) is 0 Å². The third-order valence-electron chi connectivity index (χ3n) is 7.18. The van der Waals surface area contributed by atoms with Crippen molar-refractivity contribution in [2.24, 2.45) is 0 Å². The maximum absolute atomic E-state index is 13.0. The van der Waals surface area contributed by atoms with Crippen molar-refractivity contribution in [3.05, 3.63) is 48.5 Å². The number of carbonyl (C=O) groups is 2. The third kappa shape index (κ3) is 9.05. The number of piperidine rings is 2. The van der Waals surface area contributed by atoms with Crippen molar-refractivity contribution in [2.45, 2.75) is 57.0 Å². The number of nitrogens with zero attached hydrogens (tertiary/aromatic N) is 4. The Bertz CT molecular complexity index is 1600. The molecule has 17 heteroatoms. The summed E-state index contributed by atoms with van der Waals surface area (Å²) in [5.41, 5.74) is 0.792. The lowest BCUT2D eigenvalue weighted by molar-refractivity contribution is -0.114. The number of benzene rings is 2. The van der Waals surface area contributed by atoms with Crippen LogP contribution in [0.5, 0.6) is 0 Å². The van der Waals surface area contributed by atoms with Gasteiger partial charge in [0, 0.05) is 37.6 Å². The van der Waals surface area contributed by atoms with Crippen molar-refractivity contribution in [3.63, 3.8) is 0 Å². The Morgan fingerprint density at radius 3 is 1.47 bits per heavy atom. The molecule has 2 saturated heterocycles. The van der Waals surface area contributed by atoms with Gasteiger partial charge >= 0.3 is 0 Å². The molecule has 0 spiro atoms. The van der Waals surface area contributed by atoms with E-state index < -0.39 is 20.0 Å². The molecule has 2 aliphatic heterocycles. The number of amides is 2. The lowest BCUT2D eigenvalue weighted by atomic mass is 10.2. The average molecular weight is 711 g/mol. The fraction of sp³-hybridized carbons (Fsp3) is 0.429. The van der Waals surface area contributed by atoms with E-state index >= 15 is 0 Å². The molecule has 0 bridgehead atoms. The first-order valence-corrected chi connectivity index (χ1v) is 20.2. The number of hydrogen-bond donors (Lipinski definition) is 2. The average Bonchev–Trinajstić information content (AvgIpc) is 3.52. The Morgan fingerprint density at radius 1 is 0.667 bits per heavy atom. The summed E-state index contributed by atoms with van der Waals surface area (Å²) in [6.07, 6.45) is 5.41. The predicted octanol–water partition coefficient (Wildman–Crippen LogP) is 4.35. The highest BCUT2D eigenvalue weighted by atomic mass is 32.2. The second kappa shape index (κ2) is 15.4. The molecule has 242 valence electrons. The van der Waals surface area contributed by atoms with Crippen LogP contribution < -0.4 is 10.6 Å². The number of aromatic nitrogens is 2. The molecule has 0 aliphatic carbocycles. The molecule has 2 aliphatic rings. The van der Waals surface area contributed by atoms with Gasteiger partial charge in [0.05, 0.1) is 21.3 Å². The van der Waals surface area contributed by atoms with Crippen LogP contribution in [0.1, 0.15) is 38.5 Å². The standard InChI is InChI=1S/C28H34N6O6S5/c35-25(29-21-9-7-11-23(17-21)44(37,38)33-13-3-1-4-14-33)19-41-27-31-32-28(43-27)42-20-26(36)30-22-10-8-12-24(18-22)45(39,40)34-15-5-2-6-16-34/h7-12,17-18H,1-6,13-16,19-20H2,(H,29,35)(H,30,36). The van der Waals surface area contributed by atoms with Crippen molar-refractivity contribution in [1.82, 2.24) is 18.8 Å². The van der Waals surface area contributed by atoms with E-state index in [0.29, 0.717) is 46.2 Å². The molecule has 3 heterocycles. The molecule has 2 aromatic carbocycles. The van der Waals surface area contributed by atoms with E-state index in [9.17, 15) is 26.4 Å². The van der Waals surface area contributed by atoms with E-state index in [1.807, 2.05) is 0 Å². The Hall–Kier alpha value is -2.54. The van der Waals surface area contributed by atoms with Crippen LogP contribution >= 0.6 is 34.9 Å². The van der Waals surface area contributed by atoms with Gasteiger partial charge in [0.25, 0.3) is 0 Å². The summed E-state index contributed by atoms with van der Waals surface area (Å²) >= 11 is 3.62. The van der Waals surface area contributed by atoms with E-state index in [-0.39, 0.29) is 33.1 Å². The van der Waals surface area contributed by atoms with Crippen LogP contribution in [0.4, 0.5) is 11.4 Å². The van der Waals surface area contributed by atoms with Gasteiger partial charge in [-0.3, -0.25) is 9.59 Å². The number of rotatable bonds is 12. The van der Waals surface area contributed by atoms with Crippen molar-refractivity contribution in [3.8, 4) is 0 Å². The van der Waals surface area contributed by atoms with Gasteiger partial charge in [0.1, 0.15) is 0 Å². The van der Waals surface area contributed by atoms with Crippen molar-refractivity contribution in [2.75, 3.05) is 48.3 Å². The first kappa shape index (κ1) is 33.8. The van der Waals surface area contributed by atoms with Gasteiger partial charge in [0.2, 0.25) is 31.9 Å². The summed E-state index contributed by atoms with van der Waals surface area (Å²) < 4.78 is 56.0. The molecule has 0 radical (unpaired) electrons. The normalized spacial score (nSPS) is 16.7. The quantitative estimate of drug-likeness (QED) is 0.259. The summed E-state index contributed by atoms with van der Waals surface area (Å²) in [6, 6.07) is 12.5. The highest BCUT2D eigenvalue weighted by molar-refractivity contribution is 8.03. The third-order valence-corrected chi connectivity index (χ3v) is 14.2. The van der Waals surface area contributed by atoms with Gasteiger partial charge in [-0.05, 0) is 62.1 Å². The molecule has 2 N–H and O–H groups in total.